The van der Waals surface area contributed by atoms with Gasteiger partial charge < -0.3 is 10.3 Å². The van der Waals surface area contributed by atoms with Crippen molar-refractivity contribution >= 4 is 38.1 Å². The van der Waals surface area contributed by atoms with Crippen LogP contribution in [0.1, 0.15) is 64.5 Å². The number of fused-ring (bicyclic) bond motifs is 2. The lowest BCUT2D eigenvalue weighted by Crippen LogP contribution is -2.41. The number of sulfonamides is 1. The van der Waals surface area contributed by atoms with Crippen molar-refractivity contribution in [3.63, 3.8) is 0 Å². The van der Waals surface area contributed by atoms with Crippen molar-refractivity contribution < 1.29 is 8.42 Å². The van der Waals surface area contributed by atoms with Gasteiger partial charge in [-0.05, 0) is 63.4 Å². The highest BCUT2D eigenvalue weighted by Gasteiger charge is 2.41. The fourth-order valence-corrected chi connectivity index (χ4v) is 7.78. The number of hydrogen-bond acceptors (Lipinski definition) is 6. The molecule has 2 atom stereocenters. The average Bonchev–Trinajstić information content (AvgIpc) is 3.57. The van der Waals surface area contributed by atoms with Crippen molar-refractivity contribution in [3.8, 4) is 0 Å². The van der Waals surface area contributed by atoms with Gasteiger partial charge in [0.1, 0.15) is 5.39 Å². The predicted octanol–water partition coefficient (Wildman–Crippen LogP) is 4.35. The van der Waals surface area contributed by atoms with Gasteiger partial charge in [-0.1, -0.05) is 19.3 Å². The summed E-state index contributed by atoms with van der Waals surface area (Å²) in [5.41, 5.74) is 2.81. The Morgan fingerprint density at radius 1 is 1.11 bits per heavy atom. The Balaban J connectivity index is 1.40. The number of nitrogens with zero attached hydrogens (tertiary/aromatic N) is 4. The molecule has 0 bridgehead atoms. The third-order valence-corrected chi connectivity index (χ3v) is 9.86. The third-order valence-electron chi connectivity index (χ3n) is 7.65. The first-order chi connectivity index (χ1) is 17.1. The Kier molecular flexibility index (Phi) is 5.38. The topological polar surface area (TPSA) is 112 Å². The Labute approximate surface area is 210 Å². The van der Waals surface area contributed by atoms with Gasteiger partial charge in [-0.15, -0.1) is 0 Å². The SMILES string of the molecule is CC(C)(C)N1Cc2cc(Nc3nn(C4CCCCCC4C4=NC4)c4cc[nH]c(=O)c34)ccc2S1(=O)=O. The minimum Gasteiger partial charge on any atom is -0.338 e. The second-order valence-corrected chi connectivity index (χ2v) is 12.9. The second kappa shape index (κ2) is 8.27. The molecule has 0 saturated heterocycles. The molecule has 3 aliphatic rings. The van der Waals surface area contributed by atoms with Gasteiger partial charge in [0.15, 0.2) is 5.82 Å². The van der Waals surface area contributed by atoms with E-state index in [1.807, 2.05) is 37.6 Å². The fraction of sp³-hybridized carbons (Fsp3) is 0.500. The van der Waals surface area contributed by atoms with E-state index >= 15 is 0 Å². The predicted molar refractivity (Wildman–Crippen MR) is 140 cm³/mol. The van der Waals surface area contributed by atoms with Gasteiger partial charge in [0.05, 0.1) is 23.0 Å². The van der Waals surface area contributed by atoms with Gasteiger partial charge in [0.25, 0.3) is 5.56 Å². The van der Waals surface area contributed by atoms with Crippen LogP contribution in [-0.2, 0) is 16.6 Å². The van der Waals surface area contributed by atoms with Gasteiger partial charge in [-0.2, -0.15) is 9.40 Å². The summed E-state index contributed by atoms with van der Waals surface area (Å²) in [5, 5.41) is 8.80. The number of H-pyrrole nitrogens is 1. The maximum Gasteiger partial charge on any atom is 0.261 e. The maximum atomic E-state index is 13.1. The minimum atomic E-state index is -3.54. The van der Waals surface area contributed by atoms with Crippen molar-refractivity contribution in [2.24, 2.45) is 10.9 Å². The van der Waals surface area contributed by atoms with Crippen LogP contribution in [0.25, 0.3) is 10.9 Å². The molecular formula is C26H32N6O3S. The van der Waals surface area contributed by atoms with E-state index in [9.17, 15) is 13.2 Å². The zero-order valence-corrected chi connectivity index (χ0v) is 21.7. The summed E-state index contributed by atoms with van der Waals surface area (Å²) in [7, 11) is -3.54. The van der Waals surface area contributed by atoms with E-state index < -0.39 is 15.6 Å². The lowest BCUT2D eigenvalue weighted by Gasteiger charge is -2.29. The number of anilines is 2. The van der Waals surface area contributed by atoms with Crippen molar-refractivity contribution in [2.45, 2.75) is 75.9 Å². The first-order valence-electron chi connectivity index (χ1n) is 12.7. The van der Waals surface area contributed by atoms with Crippen LogP contribution in [0, 0.1) is 5.92 Å². The number of aromatic amines is 1. The fourth-order valence-electron chi connectivity index (χ4n) is 5.81. The van der Waals surface area contributed by atoms with E-state index in [0.29, 0.717) is 34.2 Å². The molecular weight excluding hydrogens is 476 g/mol. The molecule has 2 aromatic heterocycles. The van der Waals surface area contributed by atoms with Crippen molar-refractivity contribution in [2.75, 3.05) is 11.9 Å². The van der Waals surface area contributed by atoms with Crippen molar-refractivity contribution in [1.82, 2.24) is 19.1 Å². The van der Waals surface area contributed by atoms with Crippen LogP contribution in [0.3, 0.4) is 0 Å². The van der Waals surface area contributed by atoms with Crippen LogP contribution in [0.5, 0.6) is 0 Å². The molecule has 3 aromatic rings. The molecule has 1 aromatic carbocycles. The smallest absolute Gasteiger partial charge is 0.261 e. The van der Waals surface area contributed by atoms with E-state index in [1.165, 1.54) is 22.9 Å². The molecule has 4 heterocycles. The second-order valence-electron chi connectivity index (χ2n) is 11.1. The summed E-state index contributed by atoms with van der Waals surface area (Å²) >= 11 is 0. The highest BCUT2D eigenvalue weighted by Crippen LogP contribution is 2.40. The zero-order valence-electron chi connectivity index (χ0n) is 20.9. The molecule has 1 aliphatic carbocycles. The molecule has 0 radical (unpaired) electrons. The Bertz CT molecular complexity index is 1550. The molecule has 6 rings (SSSR count). The van der Waals surface area contributed by atoms with Crippen LogP contribution in [-0.4, -0.2) is 45.3 Å². The minimum absolute atomic E-state index is 0.166. The van der Waals surface area contributed by atoms with Crippen LogP contribution in [0.4, 0.5) is 11.5 Å². The van der Waals surface area contributed by atoms with Crippen LogP contribution < -0.4 is 10.9 Å². The summed E-state index contributed by atoms with van der Waals surface area (Å²) < 4.78 is 29.7. The lowest BCUT2D eigenvalue weighted by atomic mass is 9.92. The van der Waals surface area contributed by atoms with E-state index in [1.54, 1.807) is 18.3 Å². The third kappa shape index (κ3) is 3.87. The number of nitrogens with one attached hydrogen (secondary N) is 2. The van der Waals surface area contributed by atoms with Crippen molar-refractivity contribution in [3.05, 3.63) is 46.4 Å². The van der Waals surface area contributed by atoms with Gasteiger partial charge in [-0.3, -0.25) is 14.5 Å². The van der Waals surface area contributed by atoms with Crippen molar-refractivity contribution in [1.29, 1.82) is 0 Å². The van der Waals surface area contributed by atoms with Gasteiger partial charge in [0.2, 0.25) is 10.0 Å². The molecule has 36 heavy (non-hydrogen) atoms. The quantitative estimate of drug-likeness (QED) is 0.509. The largest absolute Gasteiger partial charge is 0.338 e. The first-order valence-corrected chi connectivity index (χ1v) is 14.1. The Morgan fingerprint density at radius 2 is 1.89 bits per heavy atom. The first kappa shape index (κ1) is 23.4. The monoisotopic (exact) mass is 508 g/mol. The number of aromatic nitrogens is 3. The molecule has 9 nitrogen and oxygen atoms in total. The van der Waals surface area contributed by atoms with E-state index in [2.05, 4.69) is 15.3 Å². The maximum absolute atomic E-state index is 13.1. The highest BCUT2D eigenvalue weighted by molar-refractivity contribution is 7.89. The number of benzene rings is 1. The van der Waals surface area contributed by atoms with E-state index in [4.69, 9.17) is 5.10 Å². The number of rotatable bonds is 4. The molecule has 10 heteroatoms. The Hall–Kier alpha value is -2.98. The summed E-state index contributed by atoms with van der Waals surface area (Å²) in [6.07, 6.45) is 7.30. The average molecular weight is 509 g/mol. The summed E-state index contributed by atoms with van der Waals surface area (Å²) in [6, 6.07) is 7.34. The van der Waals surface area contributed by atoms with Crippen LogP contribution >= 0.6 is 0 Å². The van der Waals surface area contributed by atoms with E-state index in [-0.39, 0.29) is 11.6 Å². The summed E-state index contributed by atoms with van der Waals surface area (Å²) in [4.78, 5) is 20.6. The molecule has 0 amide bonds. The molecule has 2 N–H and O–H groups in total. The summed E-state index contributed by atoms with van der Waals surface area (Å²) in [6.45, 7) is 6.85. The van der Waals surface area contributed by atoms with Crippen LogP contribution in [0.15, 0.2) is 45.1 Å². The zero-order chi connectivity index (χ0) is 25.2. The molecule has 2 unspecified atom stereocenters. The highest BCUT2D eigenvalue weighted by atomic mass is 32.2. The van der Waals surface area contributed by atoms with E-state index in [0.717, 1.165) is 36.9 Å². The Morgan fingerprint density at radius 3 is 2.64 bits per heavy atom. The number of pyridine rings is 1. The van der Waals surface area contributed by atoms with Crippen LogP contribution in [0.2, 0.25) is 0 Å². The van der Waals surface area contributed by atoms with Gasteiger partial charge in [0, 0.05) is 35.6 Å². The molecule has 2 aliphatic heterocycles. The normalized spacial score (nSPS) is 23.8. The lowest BCUT2D eigenvalue weighted by molar-refractivity contribution is 0.252. The molecule has 0 spiro atoms. The molecule has 1 saturated carbocycles. The molecule has 190 valence electrons. The number of hydrogen-bond donors (Lipinski definition) is 2. The summed E-state index contributed by atoms with van der Waals surface area (Å²) in [5.74, 6) is 0.845. The van der Waals surface area contributed by atoms with Gasteiger partial charge in [-0.25, -0.2) is 8.42 Å². The standard InChI is InChI=1S/C26H32N6O3S/c1-26(2,3)31-15-16-13-17(9-10-22(16)36(31,34)35)29-24-23-21(11-12-27-25(23)33)32(30-24)20-8-6-4-5-7-18(20)19-14-28-19/h9-13,18,20H,4-8,14-15H2,1-3H3,(H,27,33)(H,29,30). The number of aliphatic imine (C=N–C) groups is 1. The molecule has 1 fully saturated rings. The van der Waals surface area contributed by atoms with Gasteiger partial charge >= 0.3 is 0 Å².